The molecule has 0 aliphatic carbocycles. The van der Waals surface area contributed by atoms with Gasteiger partial charge < -0.3 is 14.8 Å². The summed E-state index contributed by atoms with van der Waals surface area (Å²) in [6.45, 7) is 5.53. The molecule has 0 fully saturated rings. The van der Waals surface area contributed by atoms with Gasteiger partial charge in [-0.2, -0.15) is 5.10 Å². The Labute approximate surface area is 196 Å². The van der Waals surface area contributed by atoms with E-state index in [1.54, 1.807) is 25.1 Å². The first kappa shape index (κ1) is 23.6. The van der Waals surface area contributed by atoms with Gasteiger partial charge in [-0.05, 0) is 44.5 Å². The fraction of sp³-hybridized carbons (Fsp3) is 0.261. The van der Waals surface area contributed by atoms with E-state index in [-0.39, 0.29) is 10.7 Å². The Balaban J connectivity index is 1.71. The molecule has 0 bridgehead atoms. The summed E-state index contributed by atoms with van der Waals surface area (Å²) in [7, 11) is 1.47. The van der Waals surface area contributed by atoms with E-state index in [9.17, 15) is 9.59 Å². The smallest absolute Gasteiger partial charge is 0.343 e. The predicted molar refractivity (Wildman–Crippen MR) is 124 cm³/mol. The molecule has 1 N–H and O–H groups in total. The zero-order valence-corrected chi connectivity index (χ0v) is 19.6. The van der Waals surface area contributed by atoms with Crippen molar-refractivity contribution in [3.8, 4) is 5.75 Å². The number of hydrogen-bond acceptors (Lipinski definition) is 5. The quantitative estimate of drug-likeness (QED) is 0.483. The third-order valence-electron chi connectivity index (χ3n) is 4.79. The predicted octanol–water partition coefficient (Wildman–Crippen LogP) is 5.05. The van der Waals surface area contributed by atoms with Gasteiger partial charge in [0.2, 0.25) is 0 Å². The lowest BCUT2D eigenvalue weighted by Gasteiger charge is -2.15. The van der Waals surface area contributed by atoms with Crippen LogP contribution in [-0.2, 0) is 16.1 Å². The fourth-order valence-corrected chi connectivity index (χ4v) is 3.53. The third kappa shape index (κ3) is 5.41. The van der Waals surface area contributed by atoms with Crippen molar-refractivity contribution in [2.45, 2.75) is 33.4 Å². The third-order valence-corrected chi connectivity index (χ3v) is 5.41. The molecule has 168 valence electrons. The first-order chi connectivity index (χ1) is 15.2. The summed E-state index contributed by atoms with van der Waals surface area (Å²) in [5, 5.41) is 7.58. The molecule has 0 aliphatic rings. The molecule has 2 aromatic carbocycles. The molecule has 0 saturated carbocycles. The summed E-state index contributed by atoms with van der Waals surface area (Å²) in [6, 6.07) is 12.7. The van der Waals surface area contributed by atoms with Crippen molar-refractivity contribution in [2.24, 2.45) is 0 Å². The van der Waals surface area contributed by atoms with Crippen LogP contribution in [0.5, 0.6) is 5.75 Å². The minimum atomic E-state index is -1.10. The first-order valence-electron chi connectivity index (χ1n) is 9.83. The Morgan fingerprint density at radius 1 is 1.12 bits per heavy atom. The van der Waals surface area contributed by atoms with E-state index in [2.05, 4.69) is 10.4 Å². The van der Waals surface area contributed by atoms with Crippen molar-refractivity contribution >= 4 is 40.8 Å². The molecule has 1 aromatic heterocycles. The van der Waals surface area contributed by atoms with Crippen molar-refractivity contribution in [1.82, 2.24) is 9.78 Å². The summed E-state index contributed by atoms with van der Waals surface area (Å²) in [4.78, 5) is 25.3. The molecule has 0 aliphatic heterocycles. The number of rotatable bonds is 7. The lowest BCUT2D eigenvalue weighted by molar-refractivity contribution is -0.123. The minimum Gasteiger partial charge on any atom is -0.495 e. The van der Waals surface area contributed by atoms with Crippen LogP contribution in [0.25, 0.3) is 0 Å². The summed E-state index contributed by atoms with van der Waals surface area (Å²) < 4.78 is 12.1. The molecular formula is C23H23Cl2N3O4. The summed E-state index contributed by atoms with van der Waals surface area (Å²) in [5.41, 5.74) is 3.04. The van der Waals surface area contributed by atoms with Gasteiger partial charge in [0.15, 0.2) is 6.10 Å². The molecule has 3 aromatic rings. The number of ether oxygens (including phenoxy) is 2. The van der Waals surface area contributed by atoms with Gasteiger partial charge in [0, 0.05) is 5.02 Å². The molecule has 0 radical (unpaired) electrons. The molecule has 32 heavy (non-hydrogen) atoms. The van der Waals surface area contributed by atoms with Gasteiger partial charge >= 0.3 is 5.97 Å². The fourth-order valence-electron chi connectivity index (χ4n) is 3.04. The average Bonchev–Trinajstić information content (AvgIpc) is 3.02. The molecule has 3 rings (SSSR count). The van der Waals surface area contributed by atoms with E-state index >= 15 is 0 Å². The Hall–Kier alpha value is -3.03. The second-order valence-corrected chi connectivity index (χ2v) is 8.07. The van der Waals surface area contributed by atoms with Crippen LogP contribution in [0, 0.1) is 13.8 Å². The van der Waals surface area contributed by atoms with Crippen molar-refractivity contribution in [3.63, 3.8) is 0 Å². The minimum absolute atomic E-state index is 0.124. The van der Waals surface area contributed by atoms with Crippen LogP contribution in [0.2, 0.25) is 10.2 Å². The molecule has 1 amide bonds. The van der Waals surface area contributed by atoms with E-state index in [0.29, 0.717) is 28.7 Å². The number of carbonyl (C=O) groups is 2. The molecule has 1 unspecified atom stereocenters. The topological polar surface area (TPSA) is 82.4 Å². The van der Waals surface area contributed by atoms with Crippen molar-refractivity contribution < 1.29 is 19.1 Å². The Bertz CT molecular complexity index is 1140. The van der Waals surface area contributed by atoms with Crippen molar-refractivity contribution in [1.29, 1.82) is 0 Å². The average molecular weight is 476 g/mol. The van der Waals surface area contributed by atoms with Gasteiger partial charge in [-0.15, -0.1) is 0 Å². The van der Waals surface area contributed by atoms with Crippen molar-refractivity contribution in [3.05, 3.63) is 75.0 Å². The maximum absolute atomic E-state index is 12.8. The monoisotopic (exact) mass is 475 g/mol. The van der Waals surface area contributed by atoms with Crippen LogP contribution < -0.4 is 10.1 Å². The summed E-state index contributed by atoms with van der Waals surface area (Å²) in [5.74, 6) is -0.847. The normalized spacial score (nSPS) is 11.7. The van der Waals surface area contributed by atoms with E-state index in [0.717, 1.165) is 11.1 Å². The molecule has 0 saturated heterocycles. The van der Waals surface area contributed by atoms with E-state index in [4.69, 9.17) is 32.7 Å². The second-order valence-electron chi connectivity index (χ2n) is 7.28. The zero-order valence-electron chi connectivity index (χ0n) is 18.1. The van der Waals surface area contributed by atoms with Crippen LogP contribution in [-0.4, -0.2) is 34.9 Å². The van der Waals surface area contributed by atoms with Gasteiger partial charge in [0.25, 0.3) is 5.91 Å². The number of carbonyl (C=O) groups excluding carboxylic acids is 2. The van der Waals surface area contributed by atoms with Crippen LogP contribution in [0.4, 0.5) is 5.69 Å². The highest BCUT2D eigenvalue weighted by Crippen LogP contribution is 2.28. The Morgan fingerprint density at radius 2 is 1.81 bits per heavy atom. The number of aryl methyl sites for hydroxylation is 2. The molecule has 7 nitrogen and oxygen atoms in total. The molecular weight excluding hydrogens is 453 g/mol. The number of methoxy groups -OCH3 is 1. The summed E-state index contributed by atoms with van der Waals surface area (Å²) in [6.07, 6.45) is -1.10. The van der Waals surface area contributed by atoms with E-state index in [1.165, 1.54) is 18.7 Å². The van der Waals surface area contributed by atoms with Crippen LogP contribution in [0.1, 0.15) is 34.1 Å². The highest BCUT2D eigenvalue weighted by molar-refractivity contribution is 6.33. The number of nitrogens with one attached hydrogen (secondary N) is 1. The van der Waals surface area contributed by atoms with Gasteiger partial charge in [-0.25, -0.2) is 9.48 Å². The Kier molecular flexibility index (Phi) is 7.43. The number of esters is 1. The first-order valence-corrected chi connectivity index (χ1v) is 10.6. The Morgan fingerprint density at radius 3 is 2.47 bits per heavy atom. The van der Waals surface area contributed by atoms with Gasteiger partial charge in [0.05, 0.1) is 25.0 Å². The van der Waals surface area contributed by atoms with E-state index in [1.807, 2.05) is 31.2 Å². The highest BCUT2D eigenvalue weighted by atomic mass is 35.5. The molecule has 9 heteroatoms. The number of aromatic nitrogens is 2. The van der Waals surface area contributed by atoms with Crippen molar-refractivity contribution in [2.75, 3.05) is 12.4 Å². The lowest BCUT2D eigenvalue weighted by Crippen LogP contribution is -2.30. The van der Waals surface area contributed by atoms with Gasteiger partial charge in [0.1, 0.15) is 16.5 Å². The van der Waals surface area contributed by atoms with Crippen LogP contribution >= 0.6 is 23.2 Å². The number of benzene rings is 2. The lowest BCUT2D eigenvalue weighted by atomic mass is 10.1. The largest absolute Gasteiger partial charge is 0.495 e. The maximum Gasteiger partial charge on any atom is 0.343 e. The summed E-state index contributed by atoms with van der Waals surface area (Å²) >= 11 is 12.4. The number of anilines is 1. The zero-order chi connectivity index (χ0) is 23.4. The van der Waals surface area contributed by atoms with E-state index < -0.39 is 18.0 Å². The molecule has 1 atom stereocenters. The van der Waals surface area contributed by atoms with Gasteiger partial charge in [-0.1, -0.05) is 53.0 Å². The number of nitrogens with zero attached hydrogens (tertiary/aromatic N) is 2. The SMILES string of the molecule is COc1ccc(Cl)cc1NC(=O)C(C)OC(=O)c1c(C)nn(Cc2ccc(C)cc2)c1Cl. The number of halogens is 2. The second kappa shape index (κ2) is 10.1. The number of amides is 1. The van der Waals surface area contributed by atoms with Crippen LogP contribution in [0.3, 0.4) is 0 Å². The number of hydrogen-bond donors (Lipinski definition) is 1. The maximum atomic E-state index is 12.8. The molecule has 0 spiro atoms. The standard InChI is InChI=1S/C23H23Cl2N3O4/c1-13-5-7-16(8-6-13)12-28-21(25)20(14(2)27-28)23(30)32-15(3)22(29)26-18-11-17(24)9-10-19(18)31-4/h5-11,15H,12H2,1-4H3,(H,26,29). The molecule has 1 heterocycles. The van der Waals surface area contributed by atoms with Gasteiger partial charge in [-0.3, -0.25) is 4.79 Å². The van der Waals surface area contributed by atoms with Crippen LogP contribution in [0.15, 0.2) is 42.5 Å². The highest BCUT2D eigenvalue weighted by Gasteiger charge is 2.26.